The first-order valence-corrected chi connectivity index (χ1v) is 13.3. The van der Waals surface area contributed by atoms with Crippen molar-refractivity contribution in [1.29, 1.82) is 0 Å². The fourth-order valence-corrected chi connectivity index (χ4v) is 3.82. The molecular formula is C29H20Br2N4O5. The smallest absolute Gasteiger partial charge is 0.343 e. The van der Waals surface area contributed by atoms with E-state index in [0.717, 1.165) is 8.95 Å². The van der Waals surface area contributed by atoms with Crippen LogP contribution >= 0.6 is 31.9 Å². The second kappa shape index (κ2) is 13.5. The Kier molecular flexibility index (Phi) is 9.55. The minimum absolute atomic E-state index is 0.162. The van der Waals surface area contributed by atoms with E-state index < -0.39 is 23.7 Å². The minimum atomic E-state index is -1.03. The number of para-hydroxylation sites is 1. The van der Waals surface area contributed by atoms with Gasteiger partial charge in [-0.1, -0.05) is 44.0 Å². The molecule has 0 unspecified atom stereocenters. The van der Waals surface area contributed by atoms with Gasteiger partial charge in [0.25, 0.3) is 5.91 Å². The van der Waals surface area contributed by atoms with Crippen molar-refractivity contribution in [2.24, 2.45) is 5.10 Å². The number of nitrogens with one attached hydrogen (secondary N) is 3. The molecule has 0 aliphatic rings. The van der Waals surface area contributed by atoms with Crippen LogP contribution in [0.5, 0.6) is 5.75 Å². The molecule has 0 heterocycles. The predicted octanol–water partition coefficient (Wildman–Crippen LogP) is 5.77. The Balaban J connectivity index is 1.30. The summed E-state index contributed by atoms with van der Waals surface area (Å²) in [7, 11) is 0. The number of nitrogens with zero attached hydrogens (tertiary/aromatic N) is 1. The Morgan fingerprint density at radius 1 is 0.700 bits per heavy atom. The van der Waals surface area contributed by atoms with Crippen molar-refractivity contribution in [3.05, 3.63) is 123 Å². The van der Waals surface area contributed by atoms with Crippen molar-refractivity contribution in [3.8, 4) is 5.75 Å². The standard InChI is InChI=1S/C29H20Br2N4O5/c30-20-9-7-19(8-10-20)29(39)40-23-15-5-18(6-16-23)17-32-35-28(38)27(37)34-25-4-2-1-3-24(25)26(36)33-22-13-11-21(31)12-14-22/h1-17H,(H,33,36)(H,34,37)(H,35,38)/b32-17-. The van der Waals surface area contributed by atoms with Gasteiger partial charge in [0, 0.05) is 14.6 Å². The molecule has 3 amide bonds. The van der Waals surface area contributed by atoms with E-state index in [-0.39, 0.29) is 11.3 Å². The van der Waals surface area contributed by atoms with E-state index in [1.54, 1.807) is 84.9 Å². The van der Waals surface area contributed by atoms with Crippen LogP contribution in [0.15, 0.2) is 111 Å². The number of esters is 1. The van der Waals surface area contributed by atoms with Crippen LogP contribution in [-0.4, -0.2) is 29.9 Å². The molecule has 4 aromatic carbocycles. The Morgan fingerprint density at radius 2 is 1.32 bits per heavy atom. The van der Waals surface area contributed by atoms with Crippen LogP contribution < -0.4 is 20.8 Å². The van der Waals surface area contributed by atoms with Gasteiger partial charge in [0.15, 0.2) is 0 Å². The largest absolute Gasteiger partial charge is 0.423 e. The number of amides is 3. The first-order chi connectivity index (χ1) is 19.3. The summed E-state index contributed by atoms with van der Waals surface area (Å²) in [5, 5.41) is 8.96. The van der Waals surface area contributed by atoms with Crippen molar-refractivity contribution in [3.63, 3.8) is 0 Å². The monoisotopic (exact) mass is 662 g/mol. The maximum atomic E-state index is 12.7. The number of benzene rings is 4. The summed E-state index contributed by atoms with van der Waals surface area (Å²) >= 11 is 6.65. The highest BCUT2D eigenvalue weighted by atomic mass is 79.9. The zero-order chi connectivity index (χ0) is 28.5. The number of anilines is 2. The Morgan fingerprint density at radius 3 is 2.00 bits per heavy atom. The van der Waals surface area contributed by atoms with Crippen molar-refractivity contribution in [2.45, 2.75) is 0 Å². The number of hydrazone groups is 1. The first kappa shape index (κ1) is 28.4. The summed E-state index contributed by atoms with van der Waals surface area (Å²) in [4.78, 5) is 49.7. The molecule has 0 saturated heterocycles. The van der Waals surface area contributed by atoms with Gasteiger partial charge >= 0.3 is 17.8 Å². The van der Waals surface area contributed by atoms with Crippen molar-refractivity contribution < 1.29 is 23.9 Å². The van der Waals surface area contributed by atoms with E-state index in [0.29, 0.717) is 22.6 Å². The van der Waals surface area contributed by atoms with Gasteiger partial charge in [0.2, 0.25) is 0 Å². The average Bonchev–Trinajstić information content (AvgIpc) is 2.95. The molecule has 0 saturated carbocycles. The van der Waals surface area contributed by atoms with Gasteiger partial charge < -0.3 is 15.4 Å². The van der Waals surface area contributed by atoms with Gasteiger partial charge in [0.05, 0.1) is 23.0 Å². The lowest BCUT2D eigenvalue weighted by atomic mass is 10.1. The summed E-state index contributed by atoms with van der Waals surface area (Å²) in [5.74, 6) is -2.66. The highest BCUT2D eigenvalue weighted by molar-refractivity contribution is 9.10. The van der Waals surface area contributed by atoms with E-state index in [9.17, 15) is 19.2 Å². The average molecular weight is 664 g/mol. The normalized spacial score (nSPS) is 10.6. The fourth-order valence-electron chi connectivity index (χ4n) is 3.29. The molecule has 0 fully saturated rings. The molecule has 0 spiro atoms. The highest BCUT2D eigenvalue weighted by Gasteiger charge is 2.18. The predicted molar refractivity (Wildman–Crippen MR) is 158 cm³/mol. The number of carbonyl (C=O) groups excluding carboxylic acids is 4. The SMILES string of the molecule is O=C(N/N=C\c1ccc(OC(=O)c2ccc(Br)cc2)cc1)C(=O)Nc1ccccc1C(=O)Nc1ccc(Br)cc1. The first-order valence-electron chi connectivity index (χ1n) is 11.7. The molecule has 11 heteroatoms. The van der Waals surface area contributed by atoms with Crippen molar-refractivity contribution in [1.82, 2.24) is 5.43 Å². The van der Waals surface area contributed by atoms with Gasteiger partial charge in [-0.25, -0.2) is 10.2 Å². The lowest BCUT2D eigenvalue weighted by molar-refractivity contribution is -0.136. The Hall–Kier alpha value is -4.61. The molecular weight excluding hydrogens is 644 g/mol. The zero-order valence-corrected chi connectivity index (χ0v) is 23.7. The molecule has 4 aromatic rings. The van der Waals surface area contributed by atoms with E-state index >= 15 is 0 Å². The number of rotatable bonds is 7. The van der Waals surface area contributed by atoms with Crippen LogP contribution in [0.1, 0.15) is 26.3 Å². The Bertz CT molecular complexity index is 1570. The zero-order valence-electron chi connectivity index (χ0n) is 20.6. The van der Waals surface area contributed by atoms with E-state index in [1.807, 2.05) is 0 Å². The number of hydrogen-bond acceptors (Lipinski definition) is 6. The number of ether oxygens (including phenoxy) is 1. The molecule has 0 aromatic heterocycles. The number of hydrogen-bond donors (Lipinski definition) is 3. The minimum Gasteiger partial charge on any atom is -0.423 e. The third-order valence-corrected chi connectivity index (χ3v) is 6.34. The molecule has 40 heavy (non-hydrogen) atoms. The molecule has 200 valence electrons. The van der Waals surface area contributed by atoms with Crippen LogP contribution in [0.2, 0.25) is 0 Å². The second-order valence-corrected chi connectivity index (χ2v) is 9.96. The molecule has 9 nitrogen and oxygen atoms in total. The summed E-state index contributed by atoms with van der Waals surface area (Å²) in [6.07, 6.45) is 1.32. The molecule has 0 aliphatic heterocycles. The summed E-state index contributed by atoms with van der Waals surface area (Å²) in [6.45, 7) is 0. The summed E-state index contributed by atoms with van der Waals surface area (Å²) in [5.41, 5.74) is 4.04. The third kappa shape index (κ3) is 7.95. The maximum absolute atomic E-state index is 12.7. The topological polar surface area (TPSA) is 126 Å². The van der Waals surface area contributed by atoms with Gasteiger partial charge in [-0.3, -0.25) is 14.4 Å². The van der Waals surface area contributed by atoms with E-state index in [1.165, 1.54) is 18.3 Å². The number of carbonyl (C=O) groups is 4. The summed E-state index contributed by atoms with van der Waals surface area (Å²) < 4.78 is 7.05. The molecule has 0 atom stereocenters. The van der Waals surface area contributed by atoms with Crippen molar-refractivity contribution >= 4 is 73.1 Å². The molecule has 0 radical (unpaired) electrons. The quantitative estimate of drug-likeness (QED) is 0.0761. The van der Waals surface area contributed by atoms with Crippen LogP contribution in [0, 0.1) is 0 Å². The van der Waals surface area contributed by atoms with E-state index in [4.69, 9.17) is 4.74 Å². The van der Waals surface area contributed by atoms with Gasteiger partial charge in [-0.2, -0.15) is 5.10 Å². The fraction of sp³-hybridized carbons (Fsp3) is 0. The highest BCUT2D eigenvalue weighted by Crippen LogP contribution is 2.19. The van der Waals surface area contributed by atoms with Gasteiger partial charge in [-0.15, -0.1) is 0 Å². The third-order valence-electron chi connectivity index (χ3n) is 5.28. The van der Waals surface area contributed by atoms with E-state index in [2.05, 4.69) is 53.0 Å². The molecule has 0 bridgehead atoms. The van der Waals surface area contributed by atoms with Crippen LogP contribution in [0.25, 0.3) is 0 Å². The van der Waals surface area contributed by atoms with Gasteiger partial charge in [-0.05, 0) is 90.5 Å². The lowest BCUT2D eigenvalue weighted by Gasteiger charge is -2.11. The Labute approximate surface area is 245 Å². The van der Waals surface area contributed by atoms with Crippen molar-refractivity contribution in [2.75, 3.05) is 10.6 Å². The number of halogens is 2. The van der Waals surface area contributed by atoms with Gasteiger partial charge in [0.1, 0.15) is 5.75 Å². The molecule has 4 rings (SSSR count). The second-order valence-electron chi connectivity index (χ2n) is 8.13. The lowest BCUT2D eigenvalue weighted by Crippen LogP contribution is -2.33. The molecule has 3 N–H and O–H groups in total. The van der Waals surface area contributed by atoms with Crippen LogP contribution in [0.4, 0.5) is 11.4 Å². The molecule has 0 aliphatic carbocycles. The van der Waals surface area contributed by atoms with Crippen LogP contribution in [-0.2, 0) is 9.59 Å². The van der Waals surface area contributed by atoms with Crippen LogP contribution in [0.3, 0.4) is 0 Å². The summed E-state index contributed by atoms with van der Waals surface area (Å²) in [6, 6.07) is 26.5. The maximum Gasteiger partial charge on any atom is 0.343 e.